The molecule has 0 aromatic heterocycles. The Labute approximate surface area is 172 Å². The number of benzene rings is 1. The van der Waals surface area contributed by atoms with Crippen LogP contribution in [0, 0.1) is 5.82 Å². The minimum atomic E-state index is -0.395. The van der Waals surface area contributed by atoms with E-state index in [0.717, 1.165) is 19.3 Å². The Morgan fingerprint density at radius 3 is 2.52 bits per heavy atom. The van der Waals surface area contributed by atoms with Crippen LogP contribution in [0.4, 0.5) is 14.9 Å². The summed E-state index contributed by atoms with van der Waals surface area (Å²) in [5.41, 5.74) is 0.853. The summed E-state index contributed by atoms with van der Waals surface area (Å²) in [6, 6.07) is 4.50. The number of piperazine rings is 1. The van der Waals surface area contributed by atoms with Crippen molar-refractivity contribution in [3.05, 3.63) is 29.6 Å². The van der Waals surface area contributed by atoms with Gasteiger partial charge in [-0.15, -0.1) is 0 Å². The number of rotatable bonds is 7. The first-order valence-electron chi connectivity index (χ1n) is 10.7. The average Bonchev–Trinajstić information content (AvgIpc) is 2.74. The summed E-state index contributed by atoms with van der Waals surface area (Å²) in [5.74, 6) is -0.547. The zero-order valence-corrected chi connectivity index (χ0v) is 17.3. The fourth-order valence-electron chi connectivity index (χ4n) is 3.99. The summed E-state index contributed by atoms with van der Waals surface area (Å²) in [6.45, 7) is 4.93. The van der Waals surface area contributed by atoms with E-state index < -0.39 is 5.82 Å². The van der Waals surface area contributed by atoms with Crippen molar-refractivity contribution in [1.82, 2.24) is 10.2 Å². The molecule has 1 heterocycles. The molecule has 0 atom stereocenters. The van der Waals surface area contributed by atoms with Crippen LogP contribution in [0.5, 0.6) is 0 Å². The second kappa shape index (κ2) is 10.6. The molecule has 1 saturated carbocycles. The number of urea groups is 1. The number of hydrogen-bond acceptors (Lipinski definition) is 4. The number of anilines is 1. The van der Waals surface area contributed by atoms with E-state index in [1.165, 1.54) is 32.3 Å². The lowest BCUT2D eigenvalue weighted by Gasteiger charge is -2.36. The SMILES string of the molecule is CC(=O)c1ccc(N2CCN(C(=O)NCCCOC3CCCCC3)CC2)c(F)c1. The van der Waals surface area contributed by atoms with Crippen LogP contribution in [0.1, 0.15) is 55.8 Å². The molecule has 160 valence electrons. The number of carbonyl (C=O) groups is 2. The van der Waals surface area contributed by atoms with Gasteiger partial charge < -0.3 is 19.9 Å². The molecular weight excluding hydrogens is 373 g/mol. The molecule has 1 N–H and O–H groups in total. The van der Waals surface area contributed by atoms with Crippen molar-refractivity contribution >= 4 is 17.5 Å². The van der Waals surface area contributed by atoms with Crippen LogP contribution in [0.25, 0.3) is 0 Å². The molecule has 0 bridgehead atoms. The quantitative estimate of drug-likeness (QED) is 0.556. The highest BCUT2D eigenvalue weighted by atomic mass is 19.1. The van der Waals surface area contributed by atoms with E-state index in [-0.39, 0.29) is 11.8 Å². The minimum Gasteiger partial charge on any atom is -0.378 e. The molecule has 7 heteroatoms. The van der Waals surface area contributed by atoms with Gasteiger partial charge in [-0.25, -0.2) is 9.18 Å². The zero-order valence-electron chi connectivity index (χ0n) is 17.3. The van der Waals surface area contributed by atoms with E-state index in [1.54, 1.807) is 17.0 Å². The van der Waals surface area contributed by atoms with Crippen molar-refractivity contribution in [3.63, 3.8) is 0 Å². The van der Waals surface area contributed by atoms with Gasteiger partial charge in [0.1, 0.15) is 5.82 Å². The van der Waals surface area contributed by atoms with Crippen molar-refractivity contribution in [2.75, 3.05) is 44.2 Å². The second-order valence-electron chi connectivity index (χ2n) is 7.91. The third-order valence-electron chi connectivity index (χ3n) is 5.76. The molecular formula is C22H32FN3O3. The van der Waals surface area contributed by atoms with Crippen molar-refractivity contribution < 1.29 is 18.7 Å². The molecule has 2 amide bonds. The molecule has 3 rings (SSSR count). The van der Waals surface area contributed by atoms with Crippen LogP contribution in [0.15, 0.2) is 18.2 Å². The van der Waals surface area contributed by atoms with Crippen LogP contribution in [0.3, 0.4) is 0 Å². The van der Waals surface area contributed by atoms with Crippen molar-refractivity contribution in [1.29, 1.82) is 0 Å². The van der Waals surface area contributed by atoms with Crippen LogP contribution >= 0.6 is 0 Å². The van der Waals surface area contributed by atoms with E-state index in [4.69, 9.17) is 4.74 Å². The van der Waals surface area contributed by atoms with Gasteiger partial charge in [0.05, 0.1) is 11.8 Å². The van der Waals surface area contributed by atoms with Crippen molar-refractivity contribution in [3.8, 4) is 0 Å². The molecule has 2 fully saturated rings. The first kappa shape index (κ1) is 21.6. The van der Waals surface area contributed by atoms with Gasteiger partial charge in [-0.1, -0.05) is 19.3 Å². The average molecular weight is 406 g/mol. The highest BCUT2D eigenvalue weighted by Crippen LogP contribution is 2.22. The fourth-order valence-corrected chi connectivity index (χ4v) is 3.99. The van der Waals surface area contributed by atoms with Gasteiger partial charge in [0.2, 0.25) is 0 Å². The third-order valence-corrected chi connectivity index (χ3v) is 5.76. The van der Waals surface area contributed by atoms with E-state index in [9.17, 15) is 14.0 Å². The number of amides is 2. The van der Waals surface area contributed by atoms with Crippen LogP contribution in [0.2, 0.25) is 0 Å². The minimum absolute atomic E-state index is 0.0743. The summed E-state index contributed by atoms with van der Waals surface area (Å²) < 4.78 is 20.2. The number of Topliss-reactive ketones (excluding diaryl/α,β-unsaturated/α-hetero) is 1. The zero-order chi connectivity index (χ0) is 20.6. The number of ketones is 1. The lowest BCUT2D eigenvalue weighted by atomic mass is 9.98. The van der Waals surface area contributed by atoms with Gasteiger partial charge in [-0.2, -0.15) is 0 Å². The highest BCUT2D eigenvalue weighted by Gasteiger charge is 2.23. The molecule has 1 saturated heterocycles. The Morgan fingerprint density at radius 1 is 1.14 bits per heavy atom. The lowest BCUT2D eigenvalue weighted by Crippen LogP contribution is -2.52. The molecule has 0 radical (unpaired) electrons. The van der Waals surface area contributed by atoms with Gasteiger partial charge in [0, 0.05) is 44.9 Å². The molecule has 29 heavy (non-hydrogen) atoms. The topological polar surface area (TPSA) is 61.9 Å². The normalized spacial score (nSPS) is 18.0. The lowest BCUT2D eigenvalue weighted by molar-refractivity contribution is 0.0274. The largest absolute Gasteiger partial charge is 0.378 e. The number of hydrogen-bond donors (Lipinski definition) is 1. The Hall–Kier alpha value is -2.15. The first-order chi connectivity index (χ1) is 14.0. The predicted molar refractivity (Wildman–Crippen MR) is 111 cm³/mol. The maximum atomic E-state index is 14.3. The van der Waals surface area contributed by atoms with E-state index in [2.05, 4.69) is 5.32 Å². The third kappa shape index (κ3) is 6.16. The Kier molecular flexibility index (Phi) is 7.86. The van der Waals surface area contributed by atoms with Gasteiger partial charge in [-0.3, -0.25) is 4.79 Å². The molecule has 0 spiro atoms. The number of ether oxygens (including phenoxy) is 1. The van der Waals surface area contributed by atoms with E-state index >= 15 is 0 Å². The smallest absolute Gasteiger partial charge is 0.317 e. The fraction of sp³-hybridized carbons (Fsp3) is 0.636. The molecule has 2 aliphatic rings. The van der Waals surface area contributed by atoms with Crippen molar-refractivity contribution in [2.45, 2.75) is 51.6 Å². The van der Waals surface area contributed by atoms with Crippen LogP contribution in [-0.4, -0.2) is 62.1 Å². The summed E-state index contributed by atoms with van der Waals surface area (Å²) >= 11 is 0. The van der Waals surface area contributed by atoms with Gasteiger partial charge >= 0.3 is 6.03 Å². The summed E-state index contributed by atoms with van der Waals surface area (Å²) in [7, 11) is 0. The van der Waals surface area contributed by atoms with Gasteiger partial charge in [-0.05, 0) is 44.4 Å². The number of nitrogens with zero attached hydrogens (tertiary/aromatic N) is 2. The maximum Gasteiger partial charge on any atom is 0.317 e. The predicted octanol–water partition coefficient (Wildman–Crippen LogP) is 3.60. The van der Waals surface area contributed by atoms with Gasteiger partial charge in [0.25, 0.3) is 0 Å². The Balaban J connectivity index is 1.35. The monoisotopic (exact) mass is 405 g/mol. The molecule has 1 aromatic rings. The van der Waals surface area contributed by atoms with Crippen molar-refractivity contribution in [2.24, 2.45) is 0 Å². The Morgan fingerprint density at radius 2 is 1.86 bits per heavy atom. The molecule has 0 unspecified atom stereocenters. The number of carbonyl (C=O) groups excluding carboxylic acids is 2. The number of nitrogens with one attached hydrogen (secondary N) is 1. The van der Waals surface area contributed by atoms with E-state index in [0.29, 0.717) is 56.7 Å². The van der Waals surface area contributed by atoms with Crippen LogP contribution < -0.4 is 10.2 Å². The summed E-state index contributed by atoms with van der Waals surface area (Å²) in [5, 5.41) is 2.95. The summed E-state index contributed by atoms with van der Waals surface area (Å²) in [4.78, 5) is 27.4. The standard InChI is InChI=1S/C22H32FN3O3/c1-17(27)18-8-9-21(20(23)16-18)25-11-13-26(14-12-25)22(28)24-10-5-15-29-19-6-3-2-4-7-19/h8-9,16,19H,2-7,10-15H2,1H3,(H,24,28). The van der Waals surface area contributed by atoms with Crippen LogP contribution in [-0.2, 0) is 4.74 Å². The first-order valence-corrected chi connectivity index (χ1v) is 10.7. The molecule has 6 nitrogen and oxygen atoms in total. The van der Waals surface area contributed by atoms with E-state index in [1.807, 2.05) is 4.90 Å². The molecule has 1 aromatic carbocycles. The molecule has 1 aliphatic heterocycles. The van der Waals surface area contributed by atoms with Gasteiger partial charge in [0.15, 0.2) is 5.78 Å². The summed E-state index contributed by atoms with van der Waals surface area (Å²) in [6.07, 6.45) is 7.38. The highest BCUT2D eigenvalue weighted by molar-refractivity contribution is 5.94. The number of halogens is 1. The maximum absolute atomic E-state index is 14.3. The molecule has 1 aliphatic carbocycles. The Bertz CT molecular complexity index is 699. The second-order valence-corrected chi connectivity index (χ2v) is 7.91.